The maximum atomic E-state index is 11.7. The molecule has 0 aliphatic carbocycles. The van der Waals surface area contributed by atoms with Crippen LogP contribution in [-0.4, -0.2) is 17.6 Å². The third-order valence-electron chi connectivity index (χ3n) is 2.75. The highest BCUT2D eigenvalue weighted by Crippen LogP contribution is 2.32. The summed E-state index contributed by atoms with van der Waals surface area (Å²) in [5, 5.41) is 2.15. The van der Waals surface area contributed by atoms with Crippen LogP contribution < -0.4 is 0 Å². The fraction of sp³-hybridized carbons (Fsp3) is 0.143. The zero-order valence-electron chi connectivity index (χ0n) is 9.84. The van der Waals surface area contributed by atoms with E-state index in [9.17, 15) is 4.79 Å². The Morgan fingerprint density at radius 1 is 1.33 bits per heavy atom. The first-order valence-electron chi connectivity index (χ1n) is 5.74. The molecular formula is C14H11NO2S. The van der Waals surface area contributed by atoms with Crippen molar-refractivity contribution in [1.82, 2.24) is 4.98 Å². The predicted molar refractivity (Wildman–Crippen MR) is 73.1 cm³/mol. The van der Waals surface area contributed by atoms with Crippen LogP contribution >= 0.6 is 11.3 Å². The van der Waals surface area contributed by atoms with Gasteiger partial charge < -0.3 is 4.74 Å². The Kier molecular flexibility index (Phi) is 2.72. The number of rotatable bonds is 2. The van der Waals surface area contributed by atoms with Gasteiger partial charge in [-0.05, 0) is 19.1 Å². The molecule has 0 atom stereocenters. The molecule has 18 heavy (non-hydrogen) atoms. The van der Waals surface area contributed by atoms with Crippen LogP contribution in [0.1, 0.15) is 17.3 Å². The second-order valence-electron chi connectivity index (χ2n) is 3.90. The topological polar surface area (TPSA) is 39.2 Å². The Bertz CT molecular complexity index is 733. The van der Waals surface area contributed by atoms with E-state index in [4.69, 9.17) is 4.74 Å². The molecule has 0 saturated carbocycles. The standard InChI is InChI=1S/C14H11NO2S/c1-2-17-14(16)9-7-11-10-5-3-4-6-12(10)18-13(11)15-8-9/h3-8H,2H2,1H3. The number of hydrogen-bond acceptors (Lipinski definition) is 4. The van der Waals surface area contributed by atoms with E-state index in [-0.39, 0.29) is 5.97 Å². The lowest BCUT2D eigenvalue weighted by molar-refractivity contribution is 0.0526. The van der Waals surface area contributed by atoms with Crippen LogP contribution in [0, 0.1) is 0 Å². The molecule has 0 amide bonds. The van der Waals surface area contributed by atoms with E-state index < -0.39 is 0 Å². The highest BCUT2D eigenvalue weighted by Gasteiger charge is 2.11. The molecule has 0 unspecified atom stereocenters. The van der Waals surface area contributed by atoms with Crippen LogP contribution in [-0.2, 0) is 4.74 Å². The molecule has 4 heteroatoms. The molecule has 3 aromatic rings. The average molecular weight is 257 g/mol. The summed E-state index contributed by atoms with van der Waals surface area (Å²) in [6, 6.07) is 9.96. The predicted octanol–water partition coefficient (Wildman–Crippen LogP) is 3.63. The van der Waals surface area contributed by atoms with Crippen molar-refractivity contribution in [3.05, 3.63) is 42.1 Å². The Hall–Kier alpha value is -1.94. The van der Waals surface area contributed by atoms with Gasteiger partial charge in [0.2, 0.25) is 0 Å². The van der Waals surface area contributed by atoms with Crippen LogP contribution in [0.2, 0.25) is 0 Å². The number of thiophene rings is 1. The van der Waals surface area contributed by atoms with Gasteiger partial charge >= 0.3 is 5.97 Å². The summed E-state index contributed by atoms with van der Waals surface area (Å²) < 4.78 is 6.17. The summed E-state index contributed by atoms with van der Waals surface area (Å²) in [7, 11) is 0. The van der Waals surface area contributed by atoms with Crippen LogP contribution in [0.4, 0.5) is 0 Å². The molecule has 0 N–H and O–H groups in total. The first-order valence-corrected chi connectivity index (χ1v) is 6.55. The van der Waals surface area contributed by atoms with E-state index in [1.807, 2.05) is 24.3 Å². The molecule has 2 aromatic heterocycles. The molecule has 3 nitrogen and oxygen atoms in total. The number of carbonyl (C=O) groups is 1. The number of aromatic nitrogens is 1. The maximum Gasteiger partial charge on any atom is 0.339 e. The Labute approximate surface area is 108 Å². The van der Waals surface area contributed by atoms with E-state index in [0.29, 0.717) is 12.2 Å². The monoisotopic (exact) mass is 257 g/mol. The minimum atomic E-state index is -0.317. The first-order chi connectivity index (χ1) is 8.79. The lowest BCUT2D eigenvalue weighted by atomic mass is 10.1. The number of ether oxygens (including phenoxy) is 1. The Balaban J connectivity index is 2.21. The smallest absolute Gasteiger partial charge is 0.339 e. The van der Waals surface area contributed by atoms with E-state index in [2.05, 4.69) is 11.1 Å². The van der Waals surface area contributed by atoms with Crippen molar-refractivity contribution in [2.75, 3.05) is 6.61 Å². The number of benzene rings is 1. The summed E-state index contributed by atoms with van der Waals surface area (Å²) in [4.78, 5) is 17.0. The third kappa shape index (κ3) is 1.75. The number of hydrogen-bond donors (Lipinski definition) is 0. The molecule has 0 bridgehead atoms. The maximum absolute atomic E-state index is 11.7. The molecule has 0 saturated heterocycles. The van der Waals surface area contributed by atoms with E-state index in [1.165, 1.54) is 4.70 Å². The first kappa shape index (κ1) is 11.2. The minimum absolute atomic E-state index is 0.317. The van der Waals surface area contributed by atoms with Gasteiger partial charge in [-0.1, -0.05) is 18.2 Å². The van der Waals surface area contributed by atoms with Crippen molar-refractivity contribution in [3.8, 4) is 0 Å². The quantitative estimate of drug-likeness (QED) is 0.658. The number of nitrogens with zero attached hydrogens (tertiary/aromatic N) is 1. The van der Waals surface area contributed by atoms with Crippen LogP contribution in [0.5, 0.6) is 0 Å². The molecule has 0 spiro atoms. The SMILES string of the molecule is CCOC(=O)c1cnc2sc3ccccc3c2c1. The van der Waals surface area contributed by atoms with Gasteiger partial charge in [0, 0.05) is 21.7 Å². The molecule has 90 valence electrons. The van der Waals surface area contributed by atoms with Gasteiger partial charge in [-0.25, -0.2) is 9.78 Å². The van der Waals surface area contributed by atoms with Gasteiger partial charge in [0.25, 0.3) is 0 Å². The van der Waals surface area contributed by atoms with Crippen molar-refractivity contribution in [2.45, 2.75) is 6.92 Å². The number of esters is 1. The van der Waals surface area contributed by atoms with Gasteiger partial charge in [0.05, 0.1) is 12.2 Å². The minimum Gasteiger partial charge on any atom is -0.462 e. The lowest BCUT2D eigenvalue weighted by Gasteiger charge is -2.00. The highest BCUT2D eigenvalue weighted by atomic mass is 32.1. The third-order valence-corrected chi connectivity index (χ3v) is 3.84. The van der Waals surface area contributed by atoms with Crippen LogP contribution in [0.15, 0.2) is 36.5 Å². The average Bonchev–Trinajstić information content (AvgIpc) is 2.76. The van der Waals surface area contributed by atoms with Crippen LogP contribution in [0.25, 0.3) is 20.3 Å². The van der Waals surface area contributed by atoms with Crippen molar-refractivity contribution < 1.29 is 9.53 Å². The highest BCUT2D eigenvalue weighted by molar-refractivity contribution is 7.25. The summed E-state index contributed by atoms with van der Waals surface area (Å²) in [5.74, 6) is -0.317. The van der Waals surface area contributed by atoms with Crippen molar-refractivity contribution >= 4 is 37.6 Å². The molecule has 3 rings (SSSR count). The van der Waals surface area contributed by atoms with Crippen molar-refractivity contribution in [2.24, 2.45) is 0 Å². The second kappa shape index (κ2) is 4.38. The molecule has 0 fully saturated rings. The Morgan fingerprint density at radius 3 is 3.00 bits per heavy atom. The fourth-order valence-electron chi connectivity index (χ4n) is 1.93. The summed E-state index contributed by atoms with van der Waals surface area (Å²) in [5.41, 5.74) is 0.507. The molecular weight excluding hydrogens is 246 g/mol. The summed E-state index contributed by atoms with van der Waals surface area (Å²) >= 11 is 1.63. The second-order valence-corrected chi connectivity index (χ2v) is 4.93. The zero-order valence-corrected chi connectivity index (χ0v) is 10.7. The molecule has 2 heterocycles. The molecule has 0 radical (unpaired) electrons. The zero-order chi connectivity index (χ0) is 12.5. The summed E-state index contributed by atoms with van der Waals surface area (Å²) in [6.07, 6.45) is 1.58. The van der Waals surface area contributed by atoms with E-state index >= 15 is 0 Å². The molecule has 1 aromatic carbocycles. The van der Waals surface area contributed by atoms with Crippen LogP contribution in [0.3, 0.4) is 0 Å². The Morgan fingerprint density at radius 2 is 2.17 bits per heavy atom. The normalized spacial score (nSPS) is 10.9. The van der Waals surface area contributed by atoms with E-state index in [0.717, 1.165) is 15.6 Å². The number of pyridine rings is 1. The molecule has 0 aliphatic rings. The van der Waals surface area contributed by atoms with E-state index in [1.54, 1.807) is 24.5 Å². The van der Waals surface area contributed by atoms with Gasteiger partial charge in [0.1, 0.15) is 4.83 Å². The number of fused-ring (bicyclic) bond motifs is 3. The van der Waals surface area contributed by atoms with Gasteiger partial charge in [0.15, 0.2) is 0 Å². The van der Waals surface area contributed by atoms with Gasteiger partial charge in [-0.15, -0.1) is 11.3 Å². The van der Waals surface area contributed by atoms with Gasteiger partial charge in [-0.2, -0.15) is 0 Å². The lowest BCUT2D eigenvalue weighted by Crippen LogP contribution is -2.04. The summed E-state index contributed by atoms with van der Waals surface area (Å²) in [6.45, 7) is 2.17. The molecule has 0 aliphatic heterocycles. The van der Waals surface area contributed by atoms with Crippen molar-refractivity contribution in [3.63, 3.8) is 0 Å². The van der Waals surface area contributed by atoms with Gasteiger partial charge in [-0.3, -0.25) is 0 Å². The largest absolute Gasteiger partial charge is 0.462 e. The van der Waals surface area contributed by atoms with Crippen molar-refractivity contribution in [1.29, 1.82) is 0 Å². The number of carbonyl (C=O) groups excluding carboxylic acids is 1. The fourth-order valence-corrected chi connectivity index (χ4v) is 2.96.